The molecule has 0 bridgehead atoms. The molecule has 148 valence electrons. The molecule has 29 heavy (non-hydrogen) atoms. The summed E-state index contributed by atoms with van der Waals surface area (Å²) in [6, 6.07) is 19.1. The second-order valence-electron chi connectivity index (χ2n) is 6.88. The molecule has 0 radical (unpaired) electrons. The van der Waals surface area contributed by atoms with Crippen LogP contribution in [-0.4, -0.2) is 17.7 Å². The van der Waals surface area contributed by atoms with Gasteiger partial charge >= 0.3 is 0 Å². The Balaban J connectivity index is 1.77. The van der Waals surface area contributed by atoms with E-state index in [1.807, 2.05) is 25.1 Å². The van der Waals surface area contributed by atoms with Crippen LogP contribution in [-0.2, 0) is 23.1 Å². The molecule has 2 heterocycles. The van der Waals surface area contributed by atoms with E-state index in [0.29, 0.717) is 16.8 Å². The predicted octanol–water partition coefficient (Wildman–Crippen LogP) is 3.82. The van der Waals surface area contributed by atoms with Crippen molar-refractivity contribution in [2.75, 3.05) is 0 Å². The Morgan fingerprint density at radius 3 is 2.48 bits per heavy atom. The van der Waals surface area contributed by atoms with Crippen LogP contribution in [0.2, 0.25) is 0 Å². The summed E-state index contributed by atoms with van der Waals surface area (Å²) in [5, 5.41) is 0.856. The molecule has 0 unspecified atom stereocenters. The summed E-state index contributed by atoms with van der Waals surface area (Å²) in [6.07, 6.45) is 1.49. The SMILES string of the molecule is Cc1ccc2[nH]c(=O)c(CN(Cc3ccco3)S(=O)(=O)c3ccccc3)cc2c1. The van der Waals surface area contributed by atoms with Gasteiger partial charge in [0.2, 0.25) is 10.0 Å². The fourth-order valence-electron chi connectivity index (χ4n) is 3.22. The summed E-state index contributed by atoms with van der Waals surface area (Å²) in [7, 11) is -3.83. The highest BCUT2D eigenvalue weighted by molar-refractivity contribution is 7.89. The Bertz CT molecular complexity index is 1290. The molecule has 0 aliphatic rings. The molecule has 0 aliphatic heterocycles. The molecular formula is C22H20N2O4S. The Labute approximate surface area is 168 Å². The van der Waals surface area contributed by atoms with E-state index in [2.05, 4.69) is 4.98 Å². The molecular weight excluding hydrogens is 388 g/mol. The zero-order valence-corrected chi connectivity index (χ0v) is 16.6. The quantitative estimate of drug-likeness (QED) is 0.526. The minimum Gasteiger partial charge on any atom is -0.468 e. The van der Waals surface area contributed by atoms with Crippen LogP contribution in [0, 0.1) is 6.92 Å². The summed E-state index contributed by atoms with van der Waals surface area (Å²) in [4.78, 5) is 15.6. The van der Waals surface area contributed by atoms with Crippen molar-refractivity contribution in [1.82, 2.24) is 9.29 Å². The lowest BCUT2D eigenvalue weighted by molar-refractivity contribution is 0.357. The van der Waals surface area contributed by atoms with Gasteiger partial charge in [-0.2, -0.15) is 4.31 Å². The third-order valence-electron chi connectivity index (χ3n) is 4.72. The number of fused-ring (bicyclic) bond motifs is 1. The molecule has 0 spiro atoms. The smallest absolute Gasteiger partial charge is 0.252 e. The van der Waals surface area contributed by atoms with Gasteiger partial charge in [0.05, 0.1) is 17.7 Å². The maximum absolute atomic E-state index is 13.3. The molecule has 0 atom stereocenters. The van der Waals surface area contributed by atoms with Crippen molar-refractivity contribution in [2.24, 2.45) is 0 Å². The molecule has 4 aromatic rings. The zero-order chi connectivity index (χ0) is 20.4. The van der Waals surface area contributed by atoms with Crippen molar-refractivity contribution in [3.8, 4) is 0 Å². The Morgan fingerprint density at radius 1 is 0.966 bits per heavy atom. The van der Waals surface area contributed by atoms with E-state index in [-0.39, 0.29) is 23.5 Å². The standard InChI is InChI=1S/C22H20N2O4S/c1-16-9-10-21-17(12-16)13-18(22(25)23-21)14-24(15-19-6-5-11-28-19)29(26,27)20-7-3-2-4-8-20/h2-13H,14-15H2,1H3,(H,23,25). The molecule has 0 amide bonds. The zero-order valence-electron chi connectivity index (χ0n) is 15.8. The number of aromatic amines is 1. The van der Waals surface area contributed by atoms with Gasteiger partial charge in [0.15, 0.2) is 0 Å². The minimum absolute atomic E-state index is 0.0233. The highest BCUT2D eigenvalue weighted by atomic mass is 32.2. The van der Waals surface area contributed by atoms with E-state index in [4.69, 9.17) is 4.42 Å². The van der Waals surface area contributed by atoms with Gasteiger partial charge in [-0.25, -0.2) is 8.42 Å². The fourth-order valence-corrected chi connectivity index (χ4v) is 4.63. The third kappa shape index (κ3) is 4.01. The summed E-state index contributed by atoms with van der Waals surface area (Å²) in [5.74, 6) is 0.498. The molecule has 0 saturated carbocycles. The second-order valence-corrected chi connectivity index (χ2v) is 8.82. The van der Waals surface area contributed by atoms with Gasteiger partial charge in [0, 0.05) is 17.6 Å². The van der Waals surface area contributed by atoms with Gasteiger partial charge in [-0.3, -0.25) is 4.79 Å². The number of aryl methyl sites for hydroxylation is 1. The number of nitrogens with zero attached hydrogens (tertiary/aromatic N) is 1. The molecule has 0 aliphatic carbocycles. The van der Waals surface area contributed by atoms with E-state index in [1.54, 1.807) is 48.5 Å². The lowest BCUT2D eigenvalue weighted by atomic mass is 10.1. The van der Waals surface area contributed by atoms with Crippen molar-refractivity contribution in [2.45, 2.75) is 24.9 Å². The molecule has 0 saturated heterocycles. The van der Waals surface area contributed by atoms with E-state index in [0.717, 1.165) is 10.9 Å². The van der Waals surface area contributed by atoms with Crippen molar-refractivity contribution in [3.63, 3.8) is 0 Å². The fraction of sp³-hybridized carbons (Fsp3) is 0.136. The van der Waals surface area contributed by atoms with Gasteiger partial charge in [-0.05, 0) is 54.8 Å². The summed E-state index contributed by atoms with van der Waals surface area (Å²) in [6.45, 7) is 1.92. The van der Waals surface area contributed by atoms with Crippen molar-refractivity contribution >= 4 is 20.9 Å². The average molecular weight is 408 g/mol. The van der Waals surface area contributed by atoms with E-state index < -0.39 is 10.0 Å². The molecule has 6 nitrogen and oxygen atoms in total. The van der Waals surface area contributed by atoms with Crippen molar-refractivity contribution < 1.29 is 12.8 Å². The van der Waals surface area contributed by atoms with Gasteiger partial charge in [-0.1, -0.05) is 29.8 Å². The summed E-state index contributed by atoms with van der Waals surface area (Å²) >= 11 is 0. The average Bonchev–Trinajstić information content (AvgIpc) is 3.22. The van der Waals surface area contributed by atoms with Crippen molar-refractivity contribution in [1.29, 1.82) is 0 Å². The molecule has 1 N–H and O–H groups in total. The first-order valence-corrected chi connectivity index (χ1v) is 10.6. The summed E-state index contributed by atoms with van der Waals surface area (Å²) in [5.41, 5.74) is 1.83. The number of H-pyrrole nitrogens is 1. The largest absolute Gasteiger partial charge is 0.468 e. The third-order valence-corrected chi connectivity index (χ3v) is 6.52. The number of nitrogens with one attached hydrogen (secondary N) is 1. The number of hydrogen-bond acceptors (Lipinski definition) is 4. The summed E-state index contributed by atoms with van der Waals surface area (Å²) < 4.78 is 33.1. The predicted molar refractivity (Wildman–Crippen MR) is 111 cm³/mol. The second kappa shape index (κ2) is 7.69. The van der Waals surface area contributed by atoms with Crippen LogP contribution in [0.25, 0.3) is 10.9 Å². The first-order chi connectivity index (χ1) is 13.9. The minimum atomic E-state index is -3.83. The molecule has 2 aromatic carbocycles. The first kappa shape index (κ1) is 19.2. The van der Waals surface area contributed by atoms with Crippen LogP contribution in [0.5, 0.6) is 0 Å². The highest BCUT2D eigenvalue weighted by Crippen LogP contribution is 2.22. The number of aromatic nitrogens is 1. The number of furan rings is 1. The van der Waals surface area contributed by atoms with E-state index in [9.17, 15) is 13.2 Å². The molecule has 7 heteroatoms. The number of rotatable bonds is 6. The van der Waals surface area contributed by atoms with Gasteiger partial charge < -0.3 is 9.40 Å². The number of pyridine rings is 1. The number of hydrogen-bond donors (Lipinski definition) is 1. The highest BCUT2D eigenvalue weighted by Gasteiger charge is 2.26. The molecule has 2 aromatic heterocycles. The van der Waals surface area contributed by atoms with Crippen LogP contribution in [0.4, 0.5) is 0 Å². The van der Waals surface area contributed by atoms with E-state index in [1.165, 1.54) is 10.6 Å². The van der Waals surface area contributed by atoms with Crippen LogP contribution >= 0.6 is 0 Å². The van der Waals surface area contributed by atoms with Crippen molar-refractivity contribution in [3.05, 3.63) is 100 Å². The Morgan fingerprint density at radius 2 is 1.76 bits per heavy atom. The normalized spacial score (nSPS) is 11.9. The lowest BCUT2D eigenvalue weighted by Crippen LogP contribution is -2.32. The number of sulfonamides is 1. The monoisotopic (exact) mass is 408 g/mol. The topological polar surface area (TPSA) is 83.4 Å². The van der Waals surface area contributed by atoms with Gasteiger partial charge in [0.1, 0.15) is 5.76 Å². The van der Waals surface area contributed by atoms with Gasteiger partial charge in [0.25, 0.3) is 5.56 Å². The van der Waals surface area contributed by atoms with Crippen LogP contribution in [0.15, 0.2) is 87.1 Å². The van der Waals surface area contributed by atoms with Crippen LogP contribution in [0.3, 0.4) is 0 Å². The lowest BCUT2D eigenvalue weighted by Gasteiger charge is -2.21. The molecule has 4 rings (SSSR count). The Hall–Kier alpha value is -3.16. The van der Waals surface area contributed by atoms with Crippen LogP contribution < -0.4 is 5.56 Å². The molecule has 0 fully saturated rings. The maximum Gasteiger partial charge on any atom is 0.252 e. The Kier molecular flexibility index (Phi) is 5.08. The van der Waals surface area contributed by atoms with E-state index >= 15 is 0 Å². The maximum atomic E-state index is 13.3. The number of benzene rings is 2. The van der Waals surface area contributed by atoms with Gasteiger partial charge in [-0.15, -0.1) is 0 Å². The van der Waals surface area contributed by atoms with Crippen LogP contribution in [0.1, 0.15) is 16.9 Å². The first-order valence-electron chi connectivity index (χ1n) is 9.13.